The van der Waals surface area contributed by atoms with E-state index in [1.54, 1.807) is 6.07 Å². The molecule has 0 spiro atoms. The monoisotopic (exact) mass is 291 g/mol. The molecule has 1 aromatic rings. The lowest BCUT2D eigenvalue weighted by molar-refractivity contribution is 0.428. The normalized spacial score (nSPS) is 23.1. The number of pyridine rings is 1. The Hall–Kier alpha value is -1.16. The van der Waals surface area contributed by atoms with Gasteiger partial charge in [-0.1, -0.05) is 19.8 Å². The minimum atomic E-state index is -0.233. The first kappa shape index (κ1) is 14.8. The molecule has 116 valence electrons. The molecule has 1 saturated carbocycles. The zero-order valence-electron chi connectivity index (χ0n) is 12.9. The summed E-state index contributed by atoms with van der Waals surface area (Å²) in [6, 6.07) is 2.26. The third kappa shape index (κ3) is 3.20. The van der Waals surface area contributed by atoms with Crippen molar-refractivity contribution in [3.8, 4) is 0 Å². The minimum Gasteiger partial charge on any atom is -0.353 e. The fourth-order valence-corrected chi connectivity index (χ4v) is 4.01. The van der Waals surface area contributed by atoms with Crippen molar-refractivity contribution in [2.75, 3.05) is 18.0 Å². The number of hydrogen-bond acceptors (Lipinski definition) is 3. The predicted molar refractivity (Wildman–Crippen MR) is 83.9 cm³/mol. The molecule has 21 heavy (non-hydrogen) atoms. The van der Waals surface area contributed by atoms with Crippen LogP contribution < -0.4 is 10.2 Å². The van der Waals surface area contributed by atoms with Crippen LogP contribution >= 0.6 is 0 Å². The van der Waals surface area contributed by atoms with Crippen LogP contribution in [-0.2, 0) is 6.54 Å². The number of anilines is 1. The smallest absolute Gasteiger partial charge is 0.141 e. The van der Waals surface area contributed by atoms with Gasteiger partial charge in [0, 0.05) is 24.7 Å². The van der Waals surface area contributed by atoms with Gasteiger partial charge in [0.15, 0.2) is 0 Å². The van der Waals surface area contributed by atoms with Crippen LogP contribution in [0.15, 0.2) is 12.3 Å². The molecule has 1 aromatic heterocycles. The summed E-state index contributed by atoms with van der Waals surface area (Å²) in [6.45, 7) is 4.73. The zero-order valence-corrected chi connectivity index (χ0v) is 12.9. The molecule has 0 aromatic carbocycles. The van der Waals surface area contributed by atoms with E-state index in [-0.39, 0.29) is 5.82 Å². The second-order valence-electron chi connectivity index (χ2n) is 6.36. The van der Waals surface area contributed by atoms with Crippen LogP contribution in [0.25, 0.3) is 0 Å². The Balaban J connectivity index is 1.83. The summed E-state index contributed by atoms with van der Waals surface area (Å²) < 4.78 is 13.6. The van der Waals surface area contributed by atoms with Crippen LogP contribution in [0.5, 0.6) is 0 Å². The lowest BCUT2D eigenvalue weighted by Gasteiger charge is -2.31. The summed E-state index contributed by atoms with van der Waals surface area (Å²) in [5.41, 5.74) is 1.00. The number of aromatic nitrogens is 1. The molecule has 4 heteroatoms. The quantitative estimate of drug-likeness (QED) is 0.900. The summed E-state index contributed by atoms with van der Waals surface area (Å²) in [5, 5.41) is 3.31. The molecule has 1 N–H and O–H groups in total. The molecule has 2 fully saturated rings. The van der Waals surface area contributed by atoms with E-state index in [1.807, 2.05) is 0 Å². The highest BCUT2D eigenvalue weighted by Crippen LogP contribution is 2.38. The van der Waals surface area contributed by atoms with Crippen LogP contribution in [0.4, 0.5) is 10.2 Å². The van der Waals surface area contributed by atoms with Gasteiger partial charge in [-0.3, -0.25) is 0 Å². The number of nitrogens with one attached hydrogen (secondary N) is 1. The Labute approximate surface area is 126 Å². The summed E-state index contributed by atoms with van der Waals surface area (Å²) in [7, 11) is 0. The Morgan fingerprint density at radius 3 is 2.86 bits per heavy atom. The molecule has 1 aliphatic heterocycles. The molecular weight excluding hydrogens is 265 g/mol. The van der Waals surface area contributed by atoms with Gasteiger partial charge in [-0.15, -0.1) is 0 Å². The molecule has 2 heterocycles. The lowest BCUT2D eigenvalue weighted by atomic mass is 9.96. The number of rotatable bonds is 5. The van der Waals surface area contributed by atoms with Gasteiger partial charge in [0.05, 0.1) is 6.20 Å². The van der Waals surface area contributed by atoms with Gasteiger partial charge < -0.3 is 10.2 Å². The van der Waals surface area contributed by atoms with Gasteiger partial charge in [-0.25, -0.2) is 9.37 Å². The molecule has 1 saturated heterocycles. The molecule has 3 nitrogen and oxygen atoms in total. The largest absolute Gasteiger partial charge is 0.353 e. The number of hydrogen-bond donors (Lipinski definition) is 1. The third-order valence-electron chi connectivity index (χ3n) is 4.99. The molecule has 1 atom stereocenters. The Morgan fingerprint density at radius 2 is 2.10 bits per heavy atom. The lowest BCUT2D eigenvalue weighted by Crippen LogP contribution is -2.36. The third-order valence-corrected chi connectivity index (χ3v) is 4.99. The van der Waals surface area contributed by atoms with E-state index in [4.69, 9.17) is 0 Å². The predicted octanol–water partition coefficient (Wildman–Crippen LogP) is 3.49. The SMILES string of the molecule is CCNCc1cc(F)cnc1N1CCCC1C1CCCC1. The second kappa shape index (κ2) is 6.73. The summed E-state index contributed by atoms with van der Waals surface area (Å²) in [6.07, 6.45) is 9.32. The van der Waals surface area contributed by atoms with Gasteiger partial charge in [0.1, 0.15) is 11.6 Å². The highest BCUT2D eigenvalue weighted by Gasteiger charge is 2.34. The summed E-state index contributed by atoms with van der Waals surface area (Å²) >= 11 is 0. The fraction of sp³-hybridized carbons (Fsp3) is 0.706. The molecule has 3 rings (SSSR count). The van der Waals surface area contributed by atoms with Crippen LogP contribution in [-0.4, -0.2) is 24.1 Å². The van der Waals surface area contributed by atoms with Gasteiger partial charge >= 0.3 is 0 Å². The van der Waals surface area contributed by atoms with Crippen molar-refractivity contribution in [2.24, 2.45) is 5.92 Å². The van der Waals surface area contributed by atoms with Crippen molar-refractivity contribution < 1.29 is 4.39 Å². The number of nitrogens with zero attached hydrogens (tertiary/aromatic N) is 2. The van der Waals surface area contributed by atoms with E-state index in [1.165, 1.54) is 44.7 Å². The molecule has 0 bridgehead atoms. The maximum Gasteiger partial charge on any atom is 0.141 e. The van der Waals surface area contributed by atoms with Crippen LogP contribution in [0.1, 0.15) is 51.0 Å². The van der Waals surface area contributed by atoms with Crippen LogP contribution in [0.2, 0.25) is 0 Å². The van der Waals surface area contributed by atoms with Gasteiger partial charge in [-0.2, -0.15) is 0 Å². The van der Waals surface area contributed by atoms with Crippen molar-refractivity contribution >= 4 is 5.82 Å². The topological polar surface area (TPSA) is 28.2 Å². The van der Waals surface area contributed by atoms with Crippen molar-refractivity contribution in [3.63, 3.8) is 0 Å². The van der Waals surface area contributed by atoms with Crippen molar-refractivity contribution in [2.45, 2.75) is 58.0 Å². The highest BCUT2D eigenvalue weighted by atomic mass is 19.1. The molecule has 1 aliphatic carbocycles. The maximum absolute atomic E-state index is 13.6. The first-order chi connectivity index (χ1) is 10.3. The van der Waals surface area contributed by atoms with E-state index < -0.39 is 0 Å². The molecule has 0 amide bonds. The standard InChI is InChI=1S/C17H26FN3/c1-2-19-11-14-10-15(18)12-20-17(14)21-9-5-8-16(21)13-6-3-4-7-13/h10,12-13,16,19H,2-9,11H2,1H3. The van der Waals surface area contributed by atoms with E-state index in [0.29, 0.717) is 12.6 Å². The van der Waals surface area contributed by atoms with Crippen LogP contribution in [0, 0.1) is 11.7 Å². The minimum absolute atomic E-state index is 0.233. The van der Waals surface area contributed by atoms with Crippen LogP contribution in [0.3, 0.4) is 0 Å². The summed E-state index contributed by atoms with van der Waals surface area (Å²) in [5.74, 6) is 1.58. The van der Waals surface area contributed by atoms with Gasteiger partial charge in [0.2, 0.25) is 0 Å². The van der Waals surface area contributed by atoms with Crippen molar-refractivity contribution in [3.05, 3.63) is 23.6 Å². The Morgan fingerprint density at radius 1 is 1.29 bits per heavy atom. The zero-order chi connectivity index (χ0) is 14.7. The van der Waals surface area contributed by atoms with E-state index in [9.17, 15) is 4.39 Å². The maximum atomic E-state index is 13.6. The van der Waals surface area contributed by atoms with Crippen molar-refractivity contribution in [1.29, 1.82) is 0 Å². The Bertz CT molecular complexity index is 471. The molecule has 0 radical (unpaired) electrons. The fourth-order valence-electron chi connectivity index (χ4n) is 4.01. The van der Waals surface area contributed by atoms with E-state index in [2.05, 4.69) is 22.1 Å². The molecule has 2 aliphatic rings. The van der Waals surface area contributed by atoms with Crippen molar-refractivity contribution in [1.82, 2.24) is 10.3 Å². The average Bonchev–Trinajstić information content (AvgIpc) is 3.15. The first-order valence-electron chi connectivity index (χ1n) is 8.41. The Kier molecular flexibility index (Phi) is 4.73. The second-order valence-corrected chi connectivity index (χ2v) is 6.36. The molecule has 1 unspecified atom stereocenters. The average molecular weight is 291 g/mol. The molecular formula is C17H26FN3. The van der Waals surface area contributed by atoms with Gasteiger partial charge in [0.25, 0.3) is 0 Å². The highest BCUT2D eigenvalue weighted by molar-refractivity contribution is 5.49. The van der Waals surface area contributed by atoms with E-state index in [0.717, 1.165) is 30.4 Å². The number of halogens is 1. The van der Waals surface area contributed by atoms with E-state index >= 15 is 0 Å². The first-order valence-corrected chi connectivity index (χ1v) is 8.41. The summed E-state index contributed by atoms with van der Waals surface area (Å²) in [4.78, 5) is 6.91. The van der Waals surface area contributed by atoms with Gasteiger partial charge in [-0.05, 0) is 44.2 Å².